The van der Waals surface area contributed by atoms with Crippen molar-refractivity contribution in [2.45, 2.75) is 13.5 Å². The monoisotopic (exact) mass is 348 g/mol. The fourth-order valence-electron chi connectivity index (χ4n) is 2.94. The predicted molar refractivity (Wildman–Crippen MR) is 108 cm³/mol. The minimum absolute atomic E-state index is 0.420. The number of carbonyl (C=O) groups is 1. The first-order valence-electron chi connectivity index (χ1n) is 8.54. The van der Waals surface area contributed by atoms with E-state index in [9.17, 15) is 4.79 Å². The lowest BCUT2D eigenvalue weighted by molar-refractivity contribution is 0.1000. The summed E-state index contributed by atoms with van der Waals surface area (Å²) >= 11 is 0. The maximum Gasteiger partial charge on any atom is 0.250 e. The largest absolute Gasteiger partial charge is 0.380 e. The number of amides is 1. The number of nitrogens with zero attached hydrogens (tertiary/aromatic N) is 1. The molecule has 0 aliphatic carbocycles. The number of H-pyrrole nitrogens is 1. The van der Waals surface area contributed by atoms with E-state index in [1.165, 1.54) is 11.3 Å². The molecule has 1 aromatic heterocycles. The third-order valence-electron chi connectivity index (χ3n) is 4.43. The molecule has 0 aliphatic rings. The third kappa shape index (κ3) is 3.72. The minimum Gasteiger partial charge on any atom is -0.380 e. The highest BCUT2D eigenvalue weighted by molar-refractivity contribution is 5.96. The number of nitrogens with two attached hydrogens (primary N) is 1. The van der Waals surface area contributed by atoms with Crippen molar-refractivity contribution in [1.82, 2.24) is 4.98 Å². The van der Waals surface area contributed by atoms with Crippen LogP contribution in [-0.4, -0.2) is 25.0 Å². The van der Waals surface area contributed by atoms with E-state index in [1.807, 2.05) is 51.4 Å². The van der Waals surface area contributed by atoms with Crippen molar-refractivity contribution in [3.63, 3.8) is 0 Å². The van der Waals surface area contributed by atoms with E-state index in [-0.39, 0.29) is 0 Å². The number of anilines is 2. The molecule has 1 amide bonds. The summed E-state index contributed by atoms with van der Waals surface area (Å²) in [6, 6.07) is 18.3. The van der Waals surface area contributed by atoms with Gasteiger partial charge in [0.15, 0.2) is 0 Å². The Balaban J connectivity index is 1.81. The Morgan fingerprint density at radius 2 is 1.81 bits per heavy atom. The van der Waals surface area contributed by atoms with Crippen LogP contribution >= 0.6 is 0 Å². The van der Waals surface area contributed by atoms with Crippen molar-refractivity contribution in [3.05, 3.63) is 71.4 Å². The van der Waals surface area contributed by atoms with Crippen molar-refractivity contribution in [2.75, 3.05) is 24.3 Å². The Labute approximate surface area is 153 Å². The number of hydrogen-bond donors (Lipinski definition) is 3. The predicted octanol–water partition coefficient (Wildman–Crippen LogP) is 3.77. The van der Waals surface area contributed by atoms with E-state index in [0.717, 1.165) is 22.6 Å². The lowest BCUT2D eigenvalue weighted by Gasteiger charge is -2.14. The topological polar surface area (TPSA) is 74.2 Å². The lowest BCUT2D eigenvalue weighted by Crippen LogP contribution is -2.10. The van der Waals surface area contributed by atoms with Crippen molar-refractivity contribution in [1.29, 1.82) is 0 Å². The second kappa shape index (κ2) is 7.35. The first-order chi connectivity index (χ1) is 12.5. The van der Waals surface area contributed by atoms with Gasteiger partial charge in [0.1, 0.15) is 0 Å². The van der Waals surface area contributed by atoms with Crippen LogP contribution in [0.4, 0.5) is 11.4 Å². The molecule has 4 N–H and O–H groups in total. The van der Waals surface area contributed by atoms with Crippen LogP contribution in [0.25, 0.3) is 11.3 Å². The standard InChI is InChI=1S/C21H24N4O/c1-14-18(21(22)26)12-20(24-14)17-6-4-5-7-19(17)23-13-15-8-10-16(11-9-15)25(2)3/h4-12,23-24H,13H2,1-3H3,(H2,22,26). The van der Waals surface area contributed by atoms with Gasteiger partial charge in [-0.25, -0.2) is 0 Å². The van der Waals surface area contributed by atoms with Gasteiger partial charge in [-0.15, -0.1) is 0 Å². The first kappa shape index (κ1) is 17.6. The third-order valence-corrected chi connectivity index (χ3v) is 4.43. The van der Waals surface area contributed by atoms with Crippen molar-refractivity contribution < 1.29 is 4.79 Å². The molecule has 1 heterocycles. The molecular formula is C21H24N4O. The zero-order valence-corrected chi connectivity index (χ0v) is 15.3. The van der Waals surface area contributed by atoms with Gasteiger partial charge in [0, 0.05) is 49.0 Å². The normalized spacial score (nSPS) is 10.6. The van der Waals surface area contributed by atoms with E-state index in [4.69, 9.17) is 5.73 Å². The van der Waals surface area contributed by atoms with Crippen LogP contribution < -0.4 is 16.0 Å². The molecule has 0 saturated carbocycles. The average molecular weight is 348 g/mol. The Bertz CT molecular complexity index is 910. The SMILES string of the molecule is Cc1[nH]c(-c2ccccc2NCc2ccc(N(C)C)cc2)cc1C(N)=O. The lowest BCUT2D eigenvalue weighted by atomic mass is 10.1. The summed E-state index contributed by atoms with van der Waals surface area (Å²) in [4.78, 5) is 16.9. The zero-order chi connectivity index (χ0) is 18.7. The fourth-order valence-corrected chi connectivity index (χ4v) is 2.94. The summed E-state index contributed by atoms with van der Waals surface area (Å²) in [7, 11) is 4.06. The quantitative estimate of drug-likeness (QED) is 0.635. The number of benzene rings is 2. The molecule has 0 aliphatic heterocycles. The van der Waals surface area contributed by atoms with Crippen molar-refractivity contribution >= 4 is 17.3 Å². The van der Waals surface area contributed by atoms with E-state index in [1.54, 1.807) is 0 Å². The summed E-state index contributed by atoms with van der Waals surface area (Å²) in [6.45, 7) is 2.57. The zero-order valence-electron chi connectivity index (χ0n) is 15.3. The highest BCUT2D eigenvalue weighted by Gasteiger charge is 2.13. The molecule has 0 fully saturated rings. The van der Waals surface area contributed by atoms with Crippen LogP contribution in [0.5, 0.6) is 0 Å². The van der Waals surface area contributed by atoms with Gasteiger partial charge in [-0.2, -0.15) is 0 Å². The van der Waals surface area contributed by atoms with Gasteiger partial charge in [-0.05, 0) is 36.8 Å². The number of rotatable bonds is 6. The Kier molecular flexibility index (Phi) is 4.98. The number of aromatic nitrogens is 1. The average Bonchev–Trinajstić information content (AvgIpc) is 3.02. The summed E-state index contributed by atoms with van der Waals surface area (Å²) < 4.78 is 0. The van der Waals surface area contributed by atoms with Gasteiger partial charge < -0.3 is 20.9 Å². The van der Waals surface area contributed by atoms with E-state index < -0.39 is 5.91 Å². The summed E-state index contributed by atoms with van der Waals surface area (Å²) in [5.74, 6) is -0.420. The van der Waals surface area contributed by atoms with Gasteiger partial charge in [0.05, 0.1) is 5.56 Å². The molecule has 0 spiro atoms. The molecule has 26 heavy (non-hydrogen) atoms. The van der Waals surface area contributed by atoms with Gasteiger partial charge in [0.2, 0.25) is 0 Å². The molecule has 3 aromatic rings. The highest BCUT2D eigenvalue weighted by Crippen LogP contribution is 2.29. The van der Waals surface area contributed by atoms with E-state index in [2.05, 4.69) is 39.5 Å². The molecule has 0 atom stereocenters. The van der Waals surface area contributed by atoms with Crippen LogP contribution in [-0.2, 0) is 6.54 Å². The maximum atomic E-state index is 11.5. The molecule has 5 nitrogen and oxygen atoms in total. The second-order valence-electron chi connectivity index (χ2n) is 6.55. The second-order valence-corrected chi connectivity index (χ2v) is 6.55. The van der Waals surface area contributed by atoms with Crippen LogP contribution in [0.1, 0.15) is 21.6 Å². The summed E-state index contributed by atoms with van der Waals surface area (Å²) in [6.07, 6.45) is 0. The van der Waals surface area contributed by atoms with Gasteiger partial charge in [-0.1, -0.05) is 30.3 Å². The van der Waals surface area contributed by atoms with Crippen molar-refractivity contribution in [2.24, 2.45) is 5.73 Å². The molecular weight excluding hydrogens is 324 g/mol. The number of para-hydroxylation sites is 1. The molecule has 0 saturated heterocycles. The number of carbonyl (C=O) groups excluding carboxylic acids is 1. The van der Waals surface area contributed by atoms with Gasteiger partial charge >= 0.3 is 0 Å². The number of nitrogens with one attached hydrogen (secondary N) is 2. The van der Waals surface area contributed by atoms with Crippen LogP contribution in [0, 0.1) is 6.92 Å². The van der Waals surface area contributed by atoms with E-state index in [0.29, 0.717) is 12.1 Å². The Morgan fingerprint density at radius 3 is 2.42 bits per heavy atom. The summed E-state index contributed by atoms with van der Waals surface area (Å²) in [5.41, 5.74) is 12.0. The molecule has 0 unspecified atom stereocenters. The molecule has 134 valence electrons. The molecule has 2 aromatic carbocycles. The Morgan fingerprint density at radius 1 is 1.12 bits per heavy atom. The highest BCUT2D eigenvalue weighted by atomic mass is 16.1. The maximum absolute atomic E-state index is 11.5. The molecule has 0 bridgehead atoms. The van der Waals surface area contributed by atoms with E-state index >= 15 is 0 Å². The van der Waals surface area contributed by atoms with Crippen LogP contribution in [0.3, 0.4) is 0 Å². The van der Waals surface area contributed by atoms with Gasteiger partial charge in [0.25, 0.3) is 5.91 Å². The number of aromatic amines is 1. The smallest absolute Gasteiger partial charge is 0.250 e. The molecule has 3 rings (SSSR count). The number of primary amides is 1. The van der Waals surface area contributed by atoms with Crippen molar-refractivity contribution in [3.8, 4) is 11.3 Å². The van der Waals surface area contributed by atoms with Gasteiger partial charge in [-0.3, -0.25) is 4.79 Å². The Hall–Kier alpha value is -3.21. The fraction of sp³-hybridized carbons (Fsp3) is 0.190. The summed E-state index contributed by atoms with van der Waals surface area (Å²) in [5, 5.41) is 3.48. The number of aryl methyl sites for hydroxylation is 1. The molecule has 0 radical (unpaired) electrons. The number of hydrogen-bond acceptors (Lipinski definition) is 3. The first-order valence-corrected chi connectivity index (χ1v) is 8.54. The molecule has 5 heteroatoms. The minimum atomic E-state index is -0.420. The van der Waals surface area contributed by atoms with Crippen LogP contribution in [0.2, 0.25) is 0 Å². The van der Waals surface area contributed by atoms with Crippen LogP contribution in [0.15, 0.2) is 54.6 Å².